The second kappa shape index (κ2) is 6.54. The van der Waals surface area contributed by atoms with Crippen LogP contribution in [-0.4, -0.2) is 41.7 Å². The largest absolute Gasteiger partial charge is 0.401 e. The smallest absolute Gasteiger partial charge is 0.310 e. The molecule has 0 atom stereocenters. The molecule has 1 N–H and O–H groups in total. The van der Waals surface area contributed by atoms with Gasteiger partial charge in [0.2, 0.25) is 0 Å². The molecule has 20 heavy (non-hydrogen) atoms. The Morgan fingerprint density at radius 3 is 2.65 bits per heavy atom. The van der Waals surface area contributed by atoms with Crippen molar-refractivity contribution in [1.29, 1.82) is 0 Å². The first-order chi connectivity index (χ1) is 9.44. The SMILES string of the molecule is Cc1ccncc1CNC1CCN(CC(F)(F)F)CC1. The van der Waals surface area contributed by atoms with Gasteiger partial charge in [-0.15, -0.1) is 0 Å². The highest BCUT2D eigenvalue weighted by Gasteiger charge is 2.32. The average Bonchev–Trinajstić information content (AvgIpc) is 2.38. The van der Waals surface area contributed by atoms with E-state index in [1.165, 1.54) is 10.5 Å². The van der Waals surface area contributed by atoms with E-state index in [9.17, 15) is 13.2 Å². The number of pyridine rings is 1. The molecule has 1 saturated heterocycles. The van der Waals surface area contributed by atoms with Gasteiger partial charge in [0.05, 0.1) is 6.54 Å². The van der Waals surface area contributed by atoms with Gasteiger partial charge in [-0.25, -0.2) is 0 Å². The summed E-state index contributed by atoms with van der Waals surface area (Å²) in [6, 6.07) is 2.25. The van der Waals surface area contributed by atoms with E-state index < -0.39 is 12.7 Å². The fourth-order valence-corrected chi connectivity index (χ4v) is 2.48. The van der Waals surface area contributed by atoms with Crippen LogP contribution >= 0.6 is 0 Å². The Labute approximate surface area is 117 Å². The summed E-state index contributed by atoms with van der Waals surface area (Å²) < 4.78 is 36.9. The monoisotopic (exact) mass is 287 g/mol. The van der Waals surface area contributed by atoms with Crippen LogP contribution in [0.25, 0.3) is 0 Å². The first-order valence-electron chi connectivity index (χ1n) is 6.86. The Kier molecular flexibility index (Phi) is 4.99. The van der Waals surface area contributed by atoms with Crippen molar-refractivity contribution in [2.24, 2.45) is 0 Å². The van der Waals surface area contributed by atoms with Crippen LogP contribution in [0.3, 0.4) is 0 Å². The third-order valence-electron chi connectivity index (χ3n) is 3.72. The molecule has 0 aromatic carbocycles. The van der Waals surface area contributed by atoms with Crippen molar-refractivity contribution >= 4 is 0 Å². The molecular formula is C14H20F3N3. The molecule has 2 heterocycles. The van der Waals surface area contributed by atoms with Crippen molar-refractivity contribution in [2.75, 3.05) is 19.6 Å². The molecule has 112 valence electrons. The van der Waals surface area contributed by atoms with Gasteiger partial charge >= 0.3 is 6.18 Å². The zero-order valence-corrected chi connectivity index (χ0v) is 11.6. The summed E-state index contributed by atoms with van der Waals surface area (Å²) in [5.74, 6) is 0. The molecule has 0 bridgehead atoms. The van der Waals surface area contributed by atoms with Gasteiger partial charge in [0.15, 0.2) is 0 Å². The molecule has 1 aromatic rings. The molecule has 1 aliphatic rings. The second-order valence-corrected chi connectivity index (χ2v) is 5.35. The molecular weight excluding hydrogens is 267 g/mol. The van der Waals surface area contributed by atoms with E-state index in [2.05, 4.69) is 10.3 Å². The third kappa shape index (κ3) is 4.76. The second-order valence-electron chi connectivity index (χ2n) is 5.35. The maximum absolute atomic E-state index is 12.3. The highest BCUT2D eigenvalue weighted by atomic mass is 19.4. The normalized spacial score (nSPS) is 18.4. The van der Waals surface area contributed by atoms with Crippen molar-refractivity contribution in [3.05, 3.63) is 29.6 Å². The molecule has 6 heteroatoms. The van der Waals surface area contributed by atoms with Gasteiger partial charge in [0.25, 0.3) is 0 Å². The number of aromatic nitrogens is 1. The van der Waals surface area contributed by atoms with E-state index >= 15 is 0 Å². The fourth-order valence-electron chi connectivity index (χ4n) is 2.48. The molecule has 0 amide bonds. The molecule has 0 aliphatic carbocycles. The molecule has 2 rings (SSSR count). The molecule has 1 fully saturated rings. The van der Waals surface area contributed by atoms with Crippen molar-refractivity contribution in [3.63, 3.8) is 0 Å². The molecule has 0 radical (unpaired) electrons. The number of piperidine rings is 1. The number of nitrogens with zero attached hydrogens (tertiary/aromatic N) is 2. The minimum absolute atomic E-state index is 0.291. The van der Waals surface area contributed by atoms with Crippen LogP contribution in [0.4, 0.5) is 13.2 Å². The van der Waals surface area contributed by atoms with Crippen LogP contribution in [0.5, 0.6) is 0 Å². The molecule has 0 spiro atoms. The maximum atomic E-state index is 12.3. The van der Waals surface area contributed by atoms with Gasteiger partial charge in [0.1, 0.15) is 0 Å². The van der Waals surface area contributed by atoms with E-state index in [0.29, 0.717) is 19.1 Å². The van der Waals surface area contributed by atoms with Gasteiger partial charge in [-0.2, -0.15) is 13.2 Å². The lowest BCUT2D eigenvalue weighted by atomic mass is 10.0. The number of rotatable bonds is 4. The number of hydrogen-bond acceptors (Lipinski definition) is 3. The Bertz CT molecular complexity index is 426. The fraction of sp³-hybridized carbons (Fsp3) is 0.643. The summed E-state index contributed by atoms with van der Waals surface area (Å²) in [7, 11) is 0. The summed E-state index contributed by atoms with van der Waals surface area (Å²) in [5.41, 5.74) is 2.33. The van der Waals surface area contributed by atoms with E-state index in [0.717, 1.165) is 24.9 Å². The maximum Gasteiger partial charge on any atom is 0.401 e. The van der Waals surface area contributed by atoms with Crippen molar-refractivity contribution in [2.45, 2.75) is 38.5 Å². The molecule has 0 unspecified atom stereocenters. The highest BCUT2D eigenvalue weighted by molar-refractivity contribution is 5.21. The van der Waals surface area contributed by atoms with Gasteiger partial charge in [0, 0.05) is 25.0 Å². The molecule has 0 saturated carbocycles. The number of likely N-dealkylation sites (tertiary alicyclic amines) is 1. The zero-order valence-electron chi connectivity index (χ0n) is 11.6. The molecule has 3 nitrogen and oxygen atoms in total. The van der Waals surface area contributed by atoms with E-state index in [-0.39, 0.29) is 0 Å². The van der Waals surface area contributed by atoms with Crippen LogP contribution < -0.4 is 5.32 Å². The Morgan fingerprint density at radius 1 is 1.35 bits per heavy atom. The third-order valence-corrected chi connectivity index (χ3v) is 3.72. The highest BCUT2D eigenvalue weighted by Crippen LogP contribution is 2.20. The first kappa shape index (κ1) is 15.3. The van der Waals surface area contributed by atoms with Crippen LogP contribution in [0, 0.1) is 6.92 Å². The average molecular weight is 287 g/mol. The predicted octanol–water partition coefficient (Wildman–Crippen LogP) is 2.51. The topological polar surface area (TPSA) is 28.2 Å². The van der Waals surface area contributed by atoms with E-state index in [1.54, 1.807) is 6.20 Å². The quantitative estimate of drug-likeness (QED) is 0.922. The van der Waals surface area contributed by atoms with E-state index in [4.69, 9.17) is 0 Å². The summed E-state index contributed by atoms with van der Waals surface area (Å²) in [5, 5.41) is 3.41. The van der Waals surface area contributed by atoms with Crippen molar-refractivity contribution < 1.29 is 13.2 Å². The van der Waals surface area contributed by atoms with E-state index in [1.807, 2.05) is 19.2 Å². The Morgan fingerprint density at radius 2 is 2.05 bits per heavy atom. The number of halogens is 3. The van der Waals surface area contributed by atoms with Crippen LogP contribution in [0.15, 0.2) is 18.5 Å². The van der Waals surface area contributed by atoms with Crippen LogP contribution in [-0.2, 0) is 6.54 Å². The van der Waals surface area contributed by atoms with Crippen molar-refractivity contribution in [1.82, 2.24) is 15.2 Å². The van der Waals surface area contributed by atoms with Gasteiger partial charge < -0.3 is 5.32 Å². The van der Waals surface area contributed by atoms with Gasteiger partial charge in [-0.3, -0.25) is 9.88 Å². The number of hydrogen-bond donors (Lipinski definition) is 1. The van der Waals surface area contributed by atoms with Crippen LogP contribution in [0.2, 0.25) is 0 Å². The number of alkyl halides is 3. The standard InChI is InChI=1S/C14H20F3N3/c1-11-2-5-18-8-12(11)9-19-13-3-6-20(7-4-13)10-14(15,16)17/h2,5,8,13,19H,3-4,6-7,9-10H2,1H3. The molecule has 1 aliphatic heterocycles. The Balaban J connectivity index is 1.74. The number of nitrogens with one attached hydrogen (secondary N) is 1. The minimum atomic E-state index is -4.09. The van der Waals surface area contributed by atoms with Crippen molar-refractivity contribution in [3.8, 4) is 0 Å². The van der Waals surface area contributed by atoms with Gasteiger partial charge in [-0.05, 0) is 50.0 Å². The lowest BCUT2D eigenvalue weighted by Crippen LogP contribution is -2.45. The Hall–Kier alpha value is -1.14. The summed E-state index contributed by atoms with van der Waals surface area (Å²) >= 11 is 0. The predicted molar refractivity (Wildman–Crippen MR) is 71.3 cm³/mol. The summed E-state index contributed by atoms with van der Waals surface area (Å²) in [4.78, 5) is 5.57. The zero-order chi connectivity index (χ0) is 14.6. The lowest BCUT2D eigenvalue weighted by Gasteiger charge is -2.32. The van der Waals surface area contributed by atoms with Gasteiger partial charge in [-0.1, -0.05) is 0 Å². The lowest BCUT2D eigenvalue weighted by molar-refractivity contribution is -0.148. The summed E-state index contributed by atoms with van der Waals surface area (Å²) in [6.45, 7) is 2.97. The number of aryl methyl sites for hydroxylation is 1. The summed E-state index contributed by atoms with van der Waals surface area (Å²) in [6.07, 6.45) is 1.02. The van der Waals surface area contributed by atoms with Crippen LogP contribution in [0.1, 0.15) is 24.0 Å². The molecule has 1 aromatic heterocycles. The minimum Gasteiger partial charge on any atom is -0.310 e. The first-order valence-corrected chi connectivity index (χ1v) is 6.86.